The van der Waals surface area contributed by atoms with E-state index in [9.17, 15) is 0 Å². The summed E-state index contributed by atoms with van der Waals surface area (Å²) in [4.78, 5) is 4.12. The van der Waals surface area contributed by atoms with Crippen LogP contribution >= 0.6 is 23.4 Å². The van der Waals surface area contributed by atoms with Gasteiger partial charge in [0.2, 0.25) is 0 Å². The molecule has 0 N–H and O–H groups in total. The van der Waals surface area contributed by atoms with Gasteiger partial charge in [0.25, 0.3) is 0 Å². The van der Waals surface area contributed by atoms with Gasteiger partial charge in [-0.15, -0.1) is 10.2 Å². The Morgan fingerprint density at radius 3 is 2.80 bits per heavy atom. The second-order valence-electron chi connectivity index (χ2n) is 5.66. The average molecular weight is 371 g/mol. The molecule has 5 nitrogen and oxygen atoms in total. The monoisotopic (exact) mass is 370 g/mol. The minimum absolute atomic E-state index is 0.496. The van der Waals surface area contributed by atoms with E-state index in [2.05, 4.69) is 38.6 Å². The van der Waals surface area contributed by atoms with Gasteiger partial charge in [-0.05, 0) is 42.3 Å². The second kappa shape index (κ2) is 6.54. The molecule has 0 spiro atoms. The third kappa shape index (κ3) is 3.03. The molecule has 0 aliphatic heterocycles. The maximum Gasteiger partial charge on any atom is 0.196 e. The SMILES string of the molecule is COc1ccc2c(C)cc3nnc(SCc4ccc(Cl)nc4)n3c2c1. The normalized spacial score (nSPS) is 11.3. The Bertz CT molecular complexity index is 1060. The summed E-state index contributed by atoms with van der Waals surface area (Å²) >= 11 is 7.46. The Morgan fingerprint density at radius 1 is 1.16 bits per heavy atom. The first kappa shape index (κ1) is 16.2. The molecule has 0 radical (unpaired) electrons. The Hall–Kier alpha value is -2.31. The number of ether oxygens (including phenoxy) is 1. The highest BCUT2D eigenvalue weighted by molar-refractivity contribution is 7.98. The topological polar surface area (TPSA) is 52.3 Å². The summed E-state index contributed by atoms with van der Waals surface area (Å²) in [6.45, 7) is 2.08. The van der Waals surface area contributed by atoms with Gasteiger partial charge in [0, 0.05) is 23.4 Å². The summed E-state index contributed by atoms with van der Waals surface area (Å²) in [7, 11) is 1.67. The van der Waals surface area contributed by atoms with E-state index in [1.54, 1.807) is 31.1 Å². The molecule has 0 saturated carbocycles. The highest BCUT2D eigenvalue weighted by atomic mass is 35.5. The molecule has 4 aromatic rings. The van der Waals surface area contributed by atoms with Gasteiger partial charge < -0.3 is 4.74 Å². The fraction of sp³-hybridized carbons (Fsp3) is 0.167. The number of hydrogen-bond acceptors (Lipinski definition) is 5. The lowest BCUT2D eigenvalue weighted by Crippen LogP contribution is -1.95. The summed E-state index contributed by atoms with van der Waals surface area (Å²) in [6, 6.07) is 11.9. The first-order valence-electron chi connectivity index (χ1n) is 7.71. The third-order valence-corrected chi connectivity index (χ3v) is 5.25. The van der Waals surface area contributed by atoms with Gasteiger partial charge >= 0.3 is 0 Å². The lowest BCUT2D eigenvalue weighted by atomic mass is 10.1. The number of methoxy groups -OCH3 is 1. The van der Waals surface area contributed by atoms with E-state index in [1.165, 1.54) is 0 Å². The van der Waals surface area contributed by atoms with Crippen LogP contribution in [-0.4, -0.2) is 26.7 Å². The molecule has 4 rings (SSSR count). The minimum Gasteiger partial charge on any atom is -0.497 e. The van der Waals surface area contributed by atoms with Gasteiger partial charge in [0.15, 0.2) is 10.8 Å². The van der Waals surface area contributed by atoms with Crippen LogP contribution in [0, 0.1) is 6.92 Å². The molecule has 0 bridgehead atoms. The van der Waals surface area contributed by atoms with Gasteiger partial charge in [-0.25, -0.2) is 4.98 Å². The largest absolute Gasteiger partial charge is 0.497 e. The van der Waals surface area contributed by atoms with Gasteiger partial charge in [-0.3, -0.25) is 4.40 Å². The highest BCUT2D eigenvalue weighted by Crippen LogP contribution is 2.29. The maximum atomic E-state index is 5.84. The highest BCUT2D eigenvalue weighted by Gasteiger charge is 2.12. The minimum atomic E-state index is 0.496. The van der Waals surface area contributed by atoms with Crippen molar-refractivity contribution in [2.75, 3.05) is 7.11 Å². The van der Waals surface area contributed by atoms with Gasteiger partial charge in [0.05, 0.1) is 12.6 Å². The van der Waals surface area contributed by atoms with Crippen LogP contribution in [-0.2, 0) is 5.75 Å². The number of halogens is 1. The summed E-state index contributed by atoms with van der Waals surface area (Å²) < 4.78 is 7.45. The fourth-order valence-electron chi connectivity index (χ4n) is 2.76. The molecule has 126 valence electrons. The standard InChI is InChI=1S/C18H15ClN4OS/c1-11-7-17-21-22-18(25-10-12-3-6-16(19)20-9-12)23(17)15-8-13(24-2)4-5-14(11)15/h3-9H,10H2,1-2H3. The summed E-state index contributed by atoms with van der Waals surface area (Å²) in [5.74, 6) is 1.55. The summed E-state index contributed by atoms with van der Waals surface area (Å²) in [5.41, 5.74) is 4.11. The number of aryl methyl sites for hydroxylation is 1. The quantitative estimate of drug-likeness (QED) is 0.390. The van der Waals surface area contributed by atoms with Crippen molar-refractivity contribution < 1.29 is 4.74 Å². The zero-order valence-corrected chi connectivity index (χ0v) is 15.3. The number of hydrogen-bond donors (Lipinski definition) is 0. The van der Waals surface area contributed by atoms with E-state index in [1.807, 2.05) is 18.2 Å². The van der Waals surface area contributed by atoms with E-state index in [4.69, 9.17) is 16.3 Å². The van der Waals surface area contributed by atoms with Crippen molar-refractivity contribution in [1.29, 1.82) is 0 Å². The van der Waals surface area contributed by atoms with Crippen molar-refractivity contribution in [1.82, 2.24) is 19.6 Å². The number of benzene rings is 1. The summed E-state index contributed by atoms with van der Waals surface area (Å²) in [6.07, 6.45) is 1.78. The number of thioether (sulfide) groups is 1. The zero-order chi connectivity index (χ0) is 17.4. The Kier molecular flexibility index (Phi) is 4.23. The second-order valence-corrected chi connectivity index (χ2v) is 6.99. The van der Waals surface area contributed by atoms with Crippen LogP contribution in [0.1, 0.15) is 11.1 Å². The molecule has 3 aromatic heterocycles. The molecule has 0 atom stereocenters. The first-order valence-corrected chi connectivity index (χ1v) is 9.08. The smallest absolute Gasteiger partial charge is 0.196 e. The van der Waals surface area contributed by atoms with Crippen LogP contribution in [0.4, 0.5) is 0 Å². The van der Waals surface area contributed by atoms with E-state index in [0.29, 0.717) is 5.15 Å². The van der Waals surface area contributed by atoms with Crippen molar-refractivity contribution in [3.8, 4) is 5.75 Å². The van der Waals surface area contributed by atoms with E-state index < -0.39 is 0 Å². The van der Waals surface area contributed by atoms with Gasteiger partial charge in [-0.1, -0.05) is 29.4 Å². The Morgan fingerprint density at radius 2 is 2.04 bits per heavy atom. The van der Waals surface area contributed by atoms with Crippen molar-refractivity contribution in [2.45, 2.75) is 17.8 Å². The van der Waals surface area contributed by atoms with Crippen LogP contribution in [0.2, 0.25) is 5.15 Å². The number of fused-ring (bicyclic) bond motifs is 3. The van der Waals surface area contributed by atoms with E-state index in [0.717, 1.165) is 44.3 Å². The molecule has 1 aromatic carbocycles. The molecule has 0 amide bonds. The molecule has 0 unspecified atom stereocenters. The van der Waals surface area contributed by atoms with Crippen molar-refractivity contribution in [3.63, 3.8) is 0 Å². The number of rotatable bonds is 4. The zero-order valence-electron chi connectivity index (χ0n) is 13.7. The molecular weight excluding hydrogens is 356 g/mol. The summed E-state index contributed by atoms with van der Waals surface area (Å²) in [5, 5.41) is 11.2. The van der Waals surface area contributed by atoms with Crippen molar-refractivity contribution in [3.05, 3.63) is 58.9 Å². The molecule has 0 saturated heterocycles. The van der Waals surface area contributed by atoms with Crippen LogP contribution in [0.5, 0.6) is 5.75 Å². The van der Waals surface area contributed by atoms with Crippen LogP contribution in [0.25, 0.3) is 16.6 Å². The van der Waals surface area contributed by atoms with E-state index in [-0.39, 0.29) is 0 Å². The molecular formula is C18H15ClN4OS. The van der Waals surface area contributed by atoms with Gasteiger partial charge in [0.1, 0.15) is 10.9 Å². The number of pyridine rings is 2. The van der Waals surface area contributed by atoms with Crippen LogP contribution < -0.4 is 4.74 Å². The lowest BCUT2D eigenvalue weighted by molar-refractivity contribution is 0.415. The van der Waals surface area contributed by atoms with Gasteiger partial charge in [-0.2, -0.15) is 0 Å². The first-order chi connectivity index (χ1) is 12.2. The average Bonchev–Trinajstić information content (AvgIpc) is 3.04. The predicted molar refractivity (Wildman–Crippen MR) is 101 cm³/mol. The predicted octanol–water partition coefficient (Wildman–Crippen LogP) is 4.54. The van der Waals surface area contributed by atoms with E-state index >= 15 is 0 Å². The lowest BCUT2D eigenvalue weighted by Gasteiger charge is -2.09. The molecule has 7 heteroatoms. The molecule has 3 heterocycles. The number of nitrogens with zero attached hydrogens (tertiary/aromatic N) is 4. The van der Waals surface area contributed by atoms with Crippen LogP contribution in [0.3, 0.4) is 0 Å². The van der Waals surface area contributed by atoms with Crippen molar-refractivity contribution in [2.24, 2.45) is 0 Å². The Labute approximate surface area is 154 Å². The molecule has 0 aliphatic carbocycles. The maximum absolute atomic E-state index is 5.84. The number of aromatic nitrogens is 4. The third-order valence-electron chi connectivity index (χ3n) is 4.03. The fourth-order valence-corrected chi connectivity index (χ4v) is 3.76. The van der Waals surface area contributed by atoms with Crippen LogP contribution in [0.15, 0.2) is 47.8 Å². The molecule has 25 heavy (non-hydrogen) atoms. The van der Waals surface area contributed by atoms with Crippen molar-refractivity contribution >= 4 is 39.9 Å². The molecule has 0 fully saturated rings. The Balaban J connectivity index is 1.78. The molecule has 0 aliphatic rings.